The summed E-state index contributed by atoms with van der Waals surface area (Å²) in [5, 5.41) is 2.67. The van der Waals surface area contributed by atoms with Gasteiger partial charge in [-0.2, -0.15) is 0 Å². The molecule has 0 saturated heterocycles. The quantitative estimate of drug-likeness (QED) is 0.902. The van der Waals surface area contributed by atoms with Crippen molar-refractivity contribution < 1.29 is 18.7 Å². The van der Waals surface area contributed by atoms with Gasteiger partial charge in [0.15, 0.2) is 11.5 Å². The lowest BCUT2D eigenvalue weighted by Gasteiger charge is -2.25. The van der Waals surface area contributed by atoms with E-state index in [0.29, 0.717) is 17.2 Å². The van der Waals surface area contributed by atoms with Crippen molar-refractivity contribution in [3.8, 4) is 11.5 Å². The number of carbonyl (C=O) groups is 1. The topological polar surface area (TPSA) is 47.6 Å². The molecule has 4 nitrogen and oxygen atoms in total. The lowest BCUT2D eigenvalue weighted by Crippen LogP contribution is -2.40. The molecule has 3 rings (SSSR count). The van der Waals surface area contributed by atoms with Crippen LogP contribution in [-0.2, 0) is 4.79 Å². The zero-order valence-corrected chi connectivity index (χ0v) is 12.4. The number of halogens is 2. The minimum absolute atomic E-state index is 0.130. The maximum Gasteiger partial charge on any atom is 0.269 e. The third kappa shape index (κ3) is 3.00. The first-order valence-electron chi connectivity index (χ1n) is 6.28. The highest BCUT2D eigenvalue weighted by molar-refractivity contribution is 9.10. The Hall–Kier alpha value is -2.08. The Labute approximate surface area is 129 Å². The molecule has 0 aromatic heterocycles. The number of para-hydroxylation sites is 2. The second-order valence-electron chi connectivity index (χ2n) is 4.48. The number of carbonyl (C=O) groups excluding carboxylic acids is 1. The Morgan fingerprint density at radius 3 is 2.76 bits per heavy atom. The second kappa shape index (κ2) is 5.73. The molecule has 2 aromatic carbocycles. The van der Waals surface area contributed by atoms with Crippen molar-refractivity contribution in [1.82, 2.24) is 0 Å². The van der Waals surface area contributed by atoms with Gasteiger partial charge in [0.1, 0.15) is 12.4 Å². The van der Waals surface area contributed by atoms with Crippen molar-refractivity contribution in [2.75, 3.05) is 11.9 Å². The summed E-state index contributed by atoms with van der Waals surface area (Å²) in [6, 6.07) is 11.4. The first kappa shape index (κ1) is 13.9. The zero-order chi connectivity index (χ0) is 14.8. The summed E-state index contributed by atoms with van der Waals surface area (Å²) in [5.74, 6) is 0.414. The molecule has 1 amide bonds. The average molecular weight is 352 g/mol. The highest BCUT2D eigenvalue weighted by Crippen LogP contribution is 2.31. The molecular weight excluding hydrogens is 341 g/mol. The van der Waals surface area contributed by atoms with Crippen molar-refractivity contribution in [3.05, 3.63) is 52.8 Å². The summed E-state index contributed by atoms with van der Waals surface area (Å²) in [6.07, 6.45) is -0.747. The fraction of sp³-hybridized carbons (Fsp3) is 0.133. The molecule has 0 aliphatic carbocycles. The second-order valence-corrected chi connectivity index (χ2v) is 5.34. The van der Waals surface area contributed by atoms with E-state index < -0.39 is 6.10 Å². The van der Waals surface area contributed by atoms with Gasteiger partial charge in [0, 0.05) is 5.69 Å². The Bertz CT molecular complexity index is 692. The number of amides is 1. The van der Waals surface area contributed by atoms with Crippen LogP contribution in [0.25, 0.3) is 0 Å². The molecule has 108 valence electrons. The average Bonchev–Trinajstić information content (AvgIpc) is 2.50. The largest absolute Gasteiger partial charge is 0.485 e. The first-order valence-corrected chi connectivity index (χ1v) is 7.07. The van der Waals surface area contributed by atoms with E-state index in [-0.39, 0.29) is 22.8 Å². The number of ether oxygens (including phenoxy) is 2. The van der Waals surface area contributed by atoms with Crippen molar-refractivity contribution >= 4 is 27.5 Å². The zero-order valence-electron chi connectivity index (χ0n) is 10.8. The molecular formula is C15H11BrFNO3. The lowest BCUT2D eigenvalue weighted by molar-refractivity contribution is -0.125. The van der Waals surface area contributed by atoms with Gasteiger partial charge in [0.05, 0.1) is 4.47 Å². The molecule has 2 aromatic rings. The van der Waals surface area contributed by atoms with Crippen LogP contribution in [0, 0.1) is 5.82 Å². The third-order valence-corrected chi connectivity index (χ3v) is 3.60. The van der Waals surface area contributed by atoms with Crippen LogP contribution < -0.4 is 14.8 Å². The van der Waals surface area contributed by atoms with Crippen LogP contribution in [0.5, 0.6) is 11.5 Å². The van der Waals surface area contributed by atoms with Crippen LogP contribution in [0.4, 0.5) is 10.1 Å². The molecule has 1 N–H and O–H groups in total. The van der Waals surface area contributed by atoms with E-state index in [2.05, 4.69) is 21.2 Å². The third-order valence-electron chi connectivity index (χ3n) is 2.99. The van der Waals surface area contributed by atoms with Gasteiger partial charge in [-0.3, -0.25) is 4.79 Å². The highest BCUT2D eigenvalue weighted by Gasteiger charge is 2.27. The van der Waals surface area contributed by atoms with Gasteiger partial charge in [-0.15, -0.1) is 0 Å². The molecule has 6 heteroatoms. The van der Waals surface area contributed by atoms with Crippen LogP contribution in [0.1, 0.15) is 0 Å². The van der Waals surface area contributed by atoms with Crippen LogP contribution in [0.2, 0.25) is 0 Å². The van der Waals surface area contributed by atoms with E-state index in [9.17, 15) is 9.18 Å². The summed E-state index contributed by atoms with van der Waals surface area (Å²) in [5.41, 5.74) is 0.482. The number of nitrogens with one attached hydrogen (secondary N) is 1. The smallest absolute Gasteiger partial charge is 0.269 e. The van der Waals surface area contributed by atoms with Crippen molar-refractivity contribution in [1.29, 1.82) is 0 Å². The molecule has 1 unspecified atom stereocenters. The van der Waals surface area contributed by atoms with Gasteiger partial charge in [0.2, 0.25) is 6.10 Å². The van der Waals surface area contributed by atoms with Gasteiger partial charge < -0.3 is 14.8 Å². The summed E-state index contributed by atoms with van der Waals surface area (Å²) in [6.45, 7) is 0.130. The number of hydrogen-bond acceptors (Lipinski definition) is 3. The van der Waals surface area contributed by atoms with Crippen molar-refractivity contribution in [2.24, 2.45) is 0 Å². The predicted octanol–water partition coefficient (Wildman–Crippen LogP) is 3.37. The van der Waals surface area contributed by atoms with E-state index in [1.54, 1.807) is 18.2 Å². The number of hydrogen-bond donors (Lipinski definition) is 1. The van der Waals surface area contributed by atoms with Crippen LogP contribution in [0.15, 0.2) is 46.9 Å². The van der Waals surface area contributed by atoms with E-state index in [1.807, 2.05) is 6.07 Å². The van der Waals surface area contributed by atoms with Crippen LogP contribution in [-0.4, -0.2) is 18.6 Å². The number of rotatable bonds is 2. The van der Waals surface area contributed by atoms with E-state index >= 15 is 0 Å². The molecule has 0 radical (unpaired) electrons. The van der Waals surface area contributed by atoms with Crippen molar-refractivity contribution in [3.63, 3.8) is 0 Å². The van der Waals surface area contributed by atoms with Gasteiger partial charge in [-0.25, -0.2) is 4.39 Å². The molecule has 0 fully saturated rings. The first-order chi connectivity index (χ1) is 10.1. The molecule has 1 heterocycles. The Morgan fingerprint density at radius 1 is 1.24 bits per heavy atom. The SMILES string of the molecule is O=C(Nc1ccc(F)c(Br)c1)C1COc2ccccc2O1. The standard InChI is InChI=1S/C15H11BrFNO3/c16-10-7-9(5-6-11(10)17)18-15(19)14-8-20-12-3-1-2-4-13(12)21-14/h1-7,14H,8H2,(H,18,19). The molecule has 1 aliphatic rings. The van der Waals surface area contributed by atoms with E-state index in [1.165, 1.54) is 18.2 Å². The van der Waals surface area contributed by atoms with Crippen molar-refractivity contribution in [2.45, 2.75) is 6.10 Å². The number of anilines is 1. The van der Waals surface area contributed by atoms with Crippen LogP contribution >= 0.6 is 15.9 Å². The fourth-order valence-electron chi connectivity index (χ4n) is 1.95. The Morgan fingerprint density at radius 2 is 2.00 bits per heavy atom. The maximum absolute atomic E-state index is 13.2. The maximum atomic E-state index is 13.2. The summed E-state index contributed by atoms with van der Waals surface area (Å²) in [7, 11) is 0. The van der Waals surface area contributed by atoms with Gasteiger partial charge >= 0.3 is 0 Å². The molecule has 0 bridgehead atoms. The fourth-order valence-corrected chi connectivity index (χ4v) is 2.32. The summed E-state index contributed by atoms with van der Waals surface area (Å²) in [4.78, 5) is 12.1. The minimum Gasteiger partial charge on any atom is -0.485 e. The minimum atomic E-state index is -0.747. The lowest BCUT2D eigenvalue weighted by atomic mass is 10.2. The predicted molar refractivity (Wildman–Crippen MR) is 79.1 cm³/mol. The number of fused-ring (bicyclic) bond motifs is 1. The van der Waals surface area contributed by atoms with E-state index in [4.69, 9.17) is 9.47 Å². The van der Waals surface area contributed by atoms with Gasteiger partial charge in [0.25, 0.3) is 5.91 Å². The monoisotopic (exact) mass is 351 g/mol. The highest BCUT2D eigenvalue weighted by atomic mass is 79.9. The summed E-state index contributed by atoms with van der Waals surface area (Å²) >= 11 is 3.07. The Balaban J connectivity index is 1.70. The molecule has 1 atom stereocenters. The number of benzene rings is 2. The van der Waals surface area contributed by atoms with Crippen LogP contribution in [0.3, 0.4) is 0 Å². The van der Waals surface area contributed by atoms with E-state index in [0.717, 1.165) is 0 Å². The van der Waals surface area contributed by atoms with Gasteiger partial charge in [-0.05, 0) is 46.3 Å². The molecule has 0 spiro atoms. The molecule has 1 aliphatic heterocycles. The Kier molecular flexibility index (Phi) is 3.79. The summed E-state index contributed by atoms with van der Waals surface area (Å²) < 4.78 is 24.5. The molecule has 0 saturated carbocycles. The molecule has 21 heavy (non-hydrogen) atoms. The van der Waals surface area contributed by atoms with Gasteiger partial charge in [-0.1, -0.05) is 12.1 Å². The normalized spacial score (nSPS) is 16.4.